The molecule has 134 valence electrons. The van der Waals surface area contributed by atoms with Crippen LogP contribution in [-0.4, -0.2) is 5.71 Å². The highest BCUT2D eigenvalue weighted by molar-refractivity contribution is 6.30. The summed E-state index contributed by atoms with van der Waals surface area (Å²) in [6, 6.07) is 27.8. The Bertz CT molecular complexity index is 879. The van der Waals surface area contributed by atoms with Crippen molar-refractivity contribution >= 4 is 29.5 Å². The second kappa shape index (κ2) is 10.1. The Morgan fingerprint density at radius 1 is 0.778 bits per heavy atom. The van der Waals surface area contributed by atoms with E-state index in [0.717, 1.165) is 22.4 Å². The van der Waals surface area contributed by atoms with Gasteiger partial charge >= 0.3 is 0 Å². The topological polar surface area (TPSA) is 21.6 Å². The van der Waals surface area contributed by atoms with Crippen molar-refractivity contribution in [2.45, 2.75) is 6.61 Å². The number of benzene rings is 3. The maximum Gasteiger partial charge on any atom is 0.142 e. The molecule has 0 saturated heterocycles. The predicted octanol–water partition coefficient (Wildman–Crippen LogP) is 6.64. The van der Waals surface area contributed by atoms with E-state index in [-0.39, 0.29) is 0 Å². The molecule has 0 radical (unpaired) electrons. The van der Waals surface area contributed by atoms with Gasteiger partial charge in [0.05, 0.1) is 0 Å². The molecule has 0 saturated carbocycles. The third kappa shape index (κ3) is 6.61. The van der Waals surface area contributed by atoms with Crippen molar-refractivity contribution in [3.05, 3.63) is 119 Å². The number of halogens is 1. The molecule has 3 rings (SSSR count). The van der Waals surface area contributed by atoms with Crippen molar-refractivity contribution in [2.24, 2.45) is 5.16 Å². The number of hydrogen-bond acceptors (Lipinski definition) is 2. The standard InChI is InChI=1S/C24H20ClNO/c25-23-13-7-12-22(18-23)19-27-26-24(16-14-20-8-3-1-4-9-20)17-15-21-10-5-2-6-11-21/h1-18H,19H2/b16-14+,17-15+. The highest BCUT2D eigenvalue weighted by atomic mass is 35.5. The van der Waals surface area contributed by atoms with Crippen LogP contribution in [0.15, 0.2) is 102 Å². The first-order valence-electron chi connectivity index (χ1n) is 8.70. The molecular weight excluding hydrogens is 354 g/mol. The van der Waals surface area contributed by atoms with E-state index < -0.39 is 0 Å². The molecule has 0 amide bonds. The lowest BCUT2D eigenvalue weighted by Gasteiger charge is -2.02. The first-order chi connectivity index (χ1) is 13.3. The summed E-state index contributed by atoms with van der Waals surface area (Å²) in [6.45, 7) is 0.364. The highest BCUT2D eigenvalue weighted by Crippen LogP contribution is 2.12. The highest BCUT2D eigenvalue weighted by Gasteiger charge is 1.96. The predicted molar refractivity (Wildman–Crippen MR) is 115 cm³/mol. The summed E-state index contributed by atoms with van der Waals surface area (Å²) >= 11 is 6.01. The second-order valence-corrected chi connectivity index (χ2v) is 6.34. The van der Waals surface area contributed by atoms with Crippen molar-refractivity contribution in [1.82, 2.24) is 0 Å². The van der Waals surface area contributed by atoms with Crippen molar-refractivity contribution in [1.29, 1.82) is 0 Å². The minimum atomic E-state index is 0.364. The van der Waals surface area contributed by atoms with Gasteiger partial charge in [0.25, 0.3) is 0 Å². The van der Waals surface area contributed by atoms with Crippen molar-refractivity contribution in [3.8, 4) is 0 Å². The van der Waals surface area contributed by atoms with Crippen LogP contribution in [0.1, 0.15) is 16.7 Å². The van der Waals surface area contributed by atoms with Crippen LogP contribution in [0.2, 0.25) is 5.02 Å². The molecule has 3 heteroatoms. The Balaban J connectivity index is 1.73. The average Bonchev–Trinajstić information content (AvgIpc) is 2.71. The molecule has 0 unspecified atom stereocenters. The fraction of sp³-hybridized carbons (Fsp3) is 0.0417. The van der Waals surface area contributed by atoms with Crippen molar-refractivity contribution in [3.63, 3.8) is 0 Å². The van der Waals surface area contributed by atoms with E-state index in [9.17, 15) is 0 Å². The smallest absolute Gasteiger partial charge is 0.142 e. The average molecular weight is 374 g/mol. The minimum absolute atomic E-state index is 0.364. The van der Waals surface area contributed by atoms with E-state index in [4.69, 9.17) is 16.4 Å². The zero-order valence-corrected chi connectivity index (χ0v) is 15.6. The van der Waals surface area contributed by atoms with Crippen LogP contribution < -0.4 is 0 Å². The van der Waals surface area contributed by atoms with E-state index in [1.807, 2.05) is 109 Å². The first-order valence-corrected chi connectivity index (χ1v) is 9.08. The molecule has 0 spiro atoms. The fourth-order valence-electron chi connectivity index (χ4n) is 2.42. The van der Waals surface area contributed by atoms with Crippen LogP contribution in [0.25, 0.3) is 12.2 Å². The number of nitrogens with zero attached hydrogens (tertiary/aromatic N) is 1. The van der Waals surface area contributed by atoms with Gasteiger partial charge < -0.3 is 4.84 Å². The summed E-state index contributed by atoms with van der Waals surface area (Å²) in [4.78, 5) is 5.54. The third-order valence-corrected chi connectivity index (χ3v) is 4.02. The Morgan fingerprint density at radius 2 is 1.37 bits per heavy atom. The third-order valence-electron chi connectivity index (χ3n) is 3.78. The maximum absolute atomic E-state index is 6.01. The van der Waals surface area contributed by atoms with Gasteiger partial charge in [-0.1, -0.05) is 102 Å². The molecule has 3 aromatic carbocycles. The normalized spacial score (nSPS) is 11.0. The van der Waals surface area contributed by atoms with Gasteiger partial charge in [-0.2, -0.15) is 0 Å². The molecule has 0 aromatic heterocycles. The number of oxime groups is 1. The van der Waals surface area contributed by atoms with E-state index in [0.29, 0.717) is 11.6 Å². The molecular formula is C24H20ClNO. The number of allylic oxidation sites excluding steroid dienone is 2. The largest absolute Gasteiger partial charge is 0.390 e. The van der Waals surface area contributed by atoms with E-state index in [2.05, 4.69) is 5.16 Å². The Morgan fingerprint density at radius 3 is 1.93 bits per heavy atom. The Hall–Kier alpha value is -3.10. The second-order valence-electron chi connectivity index (χ2n) is 5.91. The summed E-state index contributed by atoms with van der Waals surface area (Å²) in [5.74, 6) is 0. The zero-order chi connectivity index (χ0) is 18.7. The zero-order valence-electron chi connectivity index (χ0n) is 14.8. The molecule has 0 aliphatic rings. The van der Waals surface area contributed by atoms with Gasteiger partial charge in [-0.25, -0.2) is 0 Å². The minimum Gasteiger partial charge on any atom is -0.390 e. The summed E-state index contributed by atoms with van der Waals surface area (Å²) in [5.41, 5.74) is 3.91. The van der Waals surface area contributed by atoms with Crippen LogP contribution in [0.4, 0.5) is 0 Å². The number of hydrogen-bond donors (Lipinski definition) is 0. The van der Waals surface area contributed by atoms with Crippen LogP contribution >= 0.6 is 11.6 Å². The molecule has 0 aliphatic carbocycles. The van der Waals surface area contributed by atoms with Gasteiger partial charge in [0.1, 0.15) is 12.3 Å². The van der Waals surface area contributed by atoms with Crippen molar-refractivity contribution in [2.75, 3.05) is 0 Å². The van der Waals surface area contributed by atoms with Gasteiger partial charge in [0.15, 0.2) is 0 Å². The molecule has 0 bridgehead atoms. The lowest BCUT2D eigenvalue weighted by atomic mass is 10.1. The van der Waals surface area contributed by atoms with Gasteiger partial charge in [-0.05, 0) is 41.0 Å². The van der Waals surface area contributed by atoms with E-state index in [1.165, 1.54) is 0 Å². The number of rotatable bonds is 7. The van der Waals surface area contributed by atoms with Gasteiger partial charge in [0.2, 0.25) is 0 Å². The SMILES string of the molecule is Clc1cccc(CON=C(/C=C/c2ccccc2)/C=C/c2ccccc2)c1. The van der Waals surface area contributed by atoms with Crippen LogP contribution in [0.3, 0.4) is 0 Å². The molecule has 0 heterocycles. The Labute approximate surface area is 165 Å². The summed E-state index contributed by atoms with van der Waals surface area (Å²) in [6.07, 6.45) is 7.90. The molecule has 3 aromatic rings. The summed E-state index contributed by atoms with van der Waals surface area (Å²) in [7, 11) is 0. The maximum atomic E-state index is 6.01. The quantitative estimate of drug-likeness (QED) is 0.336. The van der Waals surface area contributed by atoms with Gasteiger partial charge in [0, 0.05) is 5.02 Å². The Kier molecular flexibility index (Phi) is 7.02. The summed E-state index contributed by atoms with van der Waals surface area (Å²) in [5, 5.41) is 4.97. The molecule has 2 nitrogen and oxygen atoms in total. The molecule has 0 atom stereocenters. The first kappa shape index (κ1) is 18.7. The lowest BCUT2D eigenvalue weighted by molar-refractivity contribution is 0.131. The summed E-state index contributed by atoms with van der Waals surface area (Å²) < 4.78 is 0. The van der Waals surface area contributed by atoms with Crippen LogP contribution in [0.5, 0.6) is 0 Å². The van der Waals surface area contributed by atoms with Crippen LogP contribution in [0, 0.1) is 0 Å². The lowest BCUT2D eigenvalue weighted by Crippen LogP contribution is -1.93. The molecule has 0 aliphatic heterocycles. The van der Waals surface area contributed by atoms with Gasteiger partial charge in [-0.15, -0.1) is 0 Å². The fourth-order valence-corrected chi connectivity index (χ4v) is 2.63. The molecule has 0 N–H and O–H groups in total. The monoisotopic (exact) mass is 373 g/mol. The molecule has 0 fully saturated rings. The van der Waals surface area contributed by atoms with E-state index >= 15 is 0 Å². The van der Waals surface area contributed by atoms with Gasteiger partial charge in [-0.3, -0.25) is 0 Å². The van der Waals surface area contributed by atoms with Crippen molar-refractivity contribution < 1.29 is 4.84 Å². The van der Waals surface area contributed by atoms with Crippen LogP contribution in [-0.2, 0) is 11.4 Å². The molecule has 27 heavy (non-hydrogen) atoms. The van der Waals surface area contributed by atoms with E-state index in [1.54, 1.807) is 0 Å².